The molecule has 2 rings (SSSR count). The van der Waals surface area contributed by atoms with Crippen LogP contribution in [0, 0.1) is 5.92 Å². The van der Waals surface area contributed by atoms with Gasteiger partial charge in [0.05, 0.1) is 12.7 Å². The van der Waals surface area contributed by atoms with Crippen LogP contribution in [-0.4, -0.2) is 25.0 Å². The zero-order valence-corrected chi connectivity index (χ0v) is 14.1. The quantitative estimate of drug-likeness (QED) is 0.821. The summed E-state index contributed by atoms with van der Waals surface area (Å²) in [5.74, 6) is -0.917. The summed E-state index contributed by atoms with van der Waals surface area (Å²) in [5.41, 5.74) is -0.232. The van der Waals surface area contributed by atoms with Crippen molar-refractivity contribution in [1.29, 1.82) is 0 Å². The Balaban J connectivity index is 2.04. The normalized spacial score (nSPS) is 17.0. The Bertz CT molecular complexity index is 593. The minimum Gasteiger partial charge on any atom is -0.467 e. The van der Waals surface area contributed by atoms with E-state index in [1.165, 1.54) is 19.2 Å². The van der Waals surface area contributed by atoms with Crippen LogP contribution in [0.15, 0.2) is 24.3 Å². The van der Waals surface area contributed by atoms with Crippen molar-refractivity contribution in [3.05, 3.63) is 35.4 Å². The molecule has 25 heavy (non-hydrogen) atoms. The van der Waals surface area contributed by atoms with Gasteiger partial charge in [-0.2, -0.15) is 13.2 Å². The fraction of sp³-hybridized carbons (Fsp3) is 0.556. The van der Waals surface area contributed by atoms with Gasteiger partial charge in [0, 0.05) is 12.3 Å². The highest BCUT2D eigenvalue weighted by Gasteiger charge is 2.31. The van der Waals surface area contributed by atoms with E-state index in [0.717, 1.165) is 44.2 Å². The number of benzene rings is 1. The van der Waals surface area contributed by atoms with E-state index in [-0.39, 0.29) is 18.2 Å². The number of ether oxygens (including phenoxy) is 1. The Labute approximate surface area is 144 Å². The van der Waals surface area contributed by atoms with Crippen LogP contribution in [0.3, 0.4) is 0 Å². The van der Waals surface area contributed by atoms with Crippen LogP contribution in [0.5, 0.6) is 0 Å². The summed E-state index contributed by atoms with van der Waals surface area (Å²) in [6.07, 6.45) is 0.342. The monoisotopic (exact) mass is 357 g/mol. The van der Waals surface area contributed by atoms with Gasteiger partial charge in [-0.3, -0.25) is 4.79 Å². The maximum absolute atomic E-state index is 12.6. The maximum Gasteiger partial charge on any atom is 0.416 e. The van der Waals surface area contributed by atoms with Gasteiger partial charge in [0.2, 0.25) is 5.91 Å². The molecular weight excluding hydrogens is 335 g/mol. The summed E-state index contributed by atoms with van der Waals surface area (Å²) in [6.45, 7) is 0. The molecule has 1 atom stereocenters. The van der Waals surface area contributed by atoms with Crippen molar-refractivity contribution >= 4 is 11.9 Å². The highest BCUT2D eigenvalue weighted by Crippen LogP contribution is 2.29. The van der Waals surface area contributed by atoms with Crippen LogP contribution < -0.4 is 5.32 Å². The molecule has 0 spiro atoms. The molecule has 1 N–H and O–H groups in total. The van der Waals surface area contributed by atoms with Crippen LogP contribution in [0.1, 0.15) is 43.2 Å². The summed E-state index contributed by atoms with van der Waals surface area (Å²) in [5, 5.41) is 2.70. The largest absolute Gasteiger partial charge is 0.467 e. The number of methoxy groups -OCH3 is 1. The molecule has 1 aromatic carbocycles. The van der Waals surface area contributed by atoms with Crippen molar-refractivity contribution in [2.24, 2.45) is 5.92 Å². The smallest absolute Gasteiger partial charge is 0.416 e. The lowest BCUT2D eigenvalue weighted by atomic mass is 9.88. The standard InChI is InChI=1S/C18H22F3NO3/c1-25-17(24)15(22-16(23)13-5-3-2-4-6-13)11-12-7-9-14(10-8-12)18(19,20)21/h7-10,13,15H,2-6,11H2,1H3,(H,22,23)/t15-/m1/s1. The lowest BCUT2D eigenvalue weighted by Gasteiger charge is -2.24. The van der Waals surface area contributed by atoms with E-state index in [1.807, 2.05) is 0 Å². The minimum absolute atomic E-state index is 0.0866. The van der Waals surface area contributed by atoms with Gasteiger partial charge in [0.15, 0.2) is 0 Å². The number of nitrogens with one attached hydrogen (secondary N) is 1. The third-order valence-electron chi connectivity index (χ3n) is 4.50. The number of carbonyl (C=O) groups is 2. The molecule has 1 fully saturated rings. The van der Waals surface area contributed by atoms with Crippen molar-refractivity contribution in [3.63, 3.8) is 0 Å². The van der Waals surface area contributed by atoms with Crippen LogP contribution in [-0.2, 0) is 26.9 Å². The Morgan fingerprint density at radius 3 is 2.28 bits per heavy atom. The van der Waals surface area contributed by atoms with Gasteiger partial charge in [-0.1, -0.05) is 31.4 Å². The molecule has 1 saturated carbocycles. The highest BCUT2D eigenvalue weighted by molar-refractivity contribution is 5.86. The highest BCUT2D eigenvalue weighted by atomic mass is 19.4. The minimum atomic E-state index is -4.41. The number of hydrogen-bond donors (Lipinski definition) is 1. The van der Waals surface area contributed by atoms with Crippen molar-refractivity contribution in [2.45, 2.75) is 50.7 Å². The summed E-state index contributed by atoms with van der Waals surface area (Å²) >= 11 is 0. The molecule has 0 aliphatic heterocycles. The summed E-state index contributed by atoms with van der Waals surface area (Å²) < 4.78 is 42.6. The molecule has 1 amide bonds. The Hall–Kier alpha value is -2.05. The summed E-state index contributed by atoms with van der Waals surface area (Å²) in [6, 6.07) is 3.65. The fourth-order valence-corrected chi connectivity index (χ4v) is 3.06. The Morgan fingerprint density at radius 1 is 1.16 bits per heavy atom. The number of alkyl halides is 3. The predicted molar refractivity (Wildman–Crippen MR) is 85.7 cm³/mol. The lowest BCUT2D eigenvalue weighted by Crippen LogP contribution is -2.45. The first-order chi connectivity index (χ1) is 11.8. The average Bonchev–Trinajstić information content (AvgIpc) is 2.60. The number of rotatable bonds is 5. The van der Waals surface area contributed by atoms with Gasteiger partial charge in [-0.15, -0.1) is 0 Å². The second-order valence-electron chi connectivity index (χ2n) is 6.32. The van der Waals surface area contributed by atoms with Gasteiger partial charge in [0.25, 0.3) is 0 Å². The zero-order chi connectivity index (χ0) is 18.4. The Morgan fingerprint density at radius 2 is 1.76 bits per heavy atom. The molecule has 0 aromatic heterocycles. The molecule has 1 aliphatic carbocycles. The van der Waals surface area contributed by atoms with Gasteiger partial charge < -0.3 is 10.1 Å². The van der Waals surface area contributed by atoms with Gasteiger partial charge >= 0.3 is 12.1 Å². The first-order valence-electron chi connectivity index (χ1n) is 8.35. The second-order valence-corrected chi connectivity index (χ2v) is 6.32. The molecule has 1 aliphatic rings. The third-order valence-corrected chi connectivity index (χ3v) is 4.50. The molecule has 138 valence electrons. The average molecular weight is 357 g/mol. The van der Waals surface area contributed by atoms with Gasteiger partial charge in [-0.05, 0) is 30.5 Å². The topological polar surface area (TPSA) is 55.4 Å². The van der Waals surface area contributed by atoms with Crippen molar-refractivity contribution in [1.82, 2.24) is 5.32 Å². The first kappa shape index (κ1) is 19.3. The number of amides is 1. The van der Waals surface area contributed by atoms with E-state index in [9.17, 15) is 22.8 Å². The van der Waals surface area contributed by atoms with Crippen molar-refractivity contribution < 1.29 is 27.5 Å². The molecule has 4 nitrogen and oxygen atoms in total. The van der Waals surface area contributed by atoms with Crippen molar-refractivity contribution in [2.75, 3.05) is 7.11 Å². The molecular formula is C18H22F3NO3. The van der Waals surface area contributed by atoms with Crippen LogP contribution in [0.4, 0.5) is 13.2 Å². The van der Waals surface area contributed by atoms with Gasteiger partial charge in [0.1, 0.15) is 6.04 Å². The fourth-order valence-electron chi connectivity index (χ4n) is 3.06. The maximum atomic E-state index is 12.6. The molecule has 7 heteroatoms. The third kappa shape index (κ3) is 5.47. The summed E-state index contributed by atoms with van der Waals surface area (Å²) in [4.78, 5) is 24.3. The van der Waals surface area contributed by atoms with E-state index < -0.39 is 23.8 Å². The van der Waals surface area contributed by atoms with Gasteiger partial charge in [-0.25, -0.2) is 4.79 Å². The van der Waals surface area contributed by atoms with E-state index in [2.05, 4.69) is 5.32 Å². The lowest BCUT2D eigenvalue weighted by molar-refractivity contribution is -0.145. The van der Waals surface area contributed by atoms with Crippen LogP contribution >= 0.6 is 0 Å². The first-order valence-corrected chi connectivity index (χ1v) is 8.35. The number of carbonyl (C=O) groups excluding carboxylic acids is 2. The van der Waals surface area contributed by atoms with E-state index in [0.29, 0.717) is 5.56 Å². The molecule has 0 bridgehead atoms. The van der Waals surface area contributed by atoms with E-state index >= 15 is 0 Å². The van der Waals surface area contributed by atoms with E-state index in [4.69, 9.17) is 4.74 Å². The number of halogens is 3. The molecule has 1 aromatic rings. The van der Waals surface area contributed by atoms with E-state index in [1.54, 1.807) is 0 Å². The number of esters is 1. The SMILES string of the molecule is COC(=O)[C@@H](Cc1ccc(C(F)(F)F)cc1)NC(=O)C1CCCCC1. The molecule has 0 radical (unpaired) electrons. The number of hydrogen-bond acceptors (Lipinski definition) is 3. The summed E-state index contributed by atoms with van der Waals surface area (Å²) in [7, 11) is 1.22. The second kappa shape index (κ2) is 8.36. The molecule has 0 unspecified atom stereocenters. The van der Waals surface area contributed by atoms with Crippen molar-refractivity contribution in [3.8, 4) is 0 Å². The Kier molecular flexibility index (Phi) is 6.45. The van der Waals surface area contributed by atoms with Crippen LogP contribution in [0.25, 0.3) is 0 Å². The predicted octanol–water partition coefficient (Wildman–Crippen LogP) is 3.49. The molecule has 0 saturated heterocycles. The molecule has 0 heterocycles. The zero-order valence-electron chi connectivity index (χ0n) is 14.1. The van der Waals surface area contributed by atoms with Crippen LogP contribution in [0.2, 0.25) is 0 Å².